The maximum atomic E-state index is 11.2. The lowest BCUT2D eigenvalue weighted by atomic mass is 9.85. The Kier molecular flexibility index (Phi) is 4.51. The minimum Gasteiger partial charge on any atom is -0.508 e. The first-order chi connectivity index (χ1) is 10.8. The van der Waals surface area contributed by atoms with Crippen molar-refractivity contribution in [2.75, 3.05) is 0 Å². The van der Waals surface area contributed by atoms with Gasteiger partial charge in [-0.05, 0) is 43.0 Å². The highest BCUT2D eigenvalue weighted by Crippen LogP contribution is 2.28. The van der Waals surface area contributed by atoms with Crippen LogP contribution in [0.3, 0.4) is 0 Å². The Morgan fingerprint density at radius 2 is 1.91 bits per heavy atom. The first-order valence-corrected chi connectivity index (χ1v) is 7.97. The number of hydrogen-bond donors (Lipinski definition) is 1. The number of aromatic nitrogens is 3. The second-order valence-electron chi connectivity index (χ2n) is 6.01. The van der Waals surface area contributed by atoms with E-state index in [0.717, 1.165) is 36.4 Å². The molecule has 1 aromatic heterocycles. The lowest BCUT2D eigenvalue weighted by Gasteiger charge is -2.21. The van der Waals surface area contributed by atoms with E-state index >= 15 is 0 Å². The molecule has 116 valence electrons. The lowest BCUT2D eigenvalue weighted by Crippen LogP contribution is -2.10. The summed E-state index contributed by atoms with van der Waals surface area (Å²) in [5, 5.41) is 17.5. The number of benzene rings is 1. The summed E-state index contributed by atoms with van der Waals surface area (Å²) in [5.74, 6) is 0.958. The number of nitrogens with zero attached hydrogens (tertiary/aromatic N) is 3. The Bertz CT molecular complexity index is 628. The van der Waals surface area contributed by atoms with E-state index in [1.807, 2.05) is 0 Å². The molecule has 0 radical (unpaired) electrons. The van der Waals surface area contributed by atoms with Gasteiger partial charge in [-0.2, -0.15) is 0 Å². The molecule has 0 saturated heterocycles. The van der Waals surface area contributed by atoms with Crippen LogP contribution >= 0.6 is 0 Å². The van der Waals surface area contributed by atoms with Crippen LogP contribution in [0, 0.1) is 5.92 Å². The van der Waals surface area contributed by atoms with E-state index in [-0.39, 0.29) is 5.75 Å². The summed E-state index contributed by atoms with van der Waals surface area (Å²) in [4.78, 5) is 11.2. The Labute approximate surface area is 130 Å². The molecule has 0 atom stereocenters. The van der Waals surface area contributed by atoms with Crippen molar-refractivity contribution in [3.63, 3.8) is 0 Å². The fraction of sp³-hybridized carbons (Fsp3) is 0.471. The number of hydrogen-bond acceptors (Lipinski definition) is 4. The van der Waals surface area contributed by atoms with Crippen molar-refractivity contribution < 1.29 is 9.90 Å². The standard InChI is InChI=1S/C17H21N3O2/c21-12-16-17(11-6-13-4-2-1-3-5-13)20(19-18-16)14-7-9-15(22)10-8-14/h7-10,12-13,22H,1-6,11H2. The molecule has 1 aliphatic rings. The highest BCUT2D eigenvalue weighted by Gasteiger charge is 2.18. The molecule has 5 heteroatoms. The first-order valence-electron chi connectivity index (χ1n) is 7.97. The summed E-state index contributed by atoms with van der Waals surface area (Å²) in [6.45, 7) is 0. The normalized spacial score (nSPS) is 15.8. The molecule has 1 fully saturated rings. The largest absolute Gasteiger partial charge is 0.508 e. The van der Waals surface area contributed by atoms with E-state index in [1.54, 1.807) is 28.9 Å². The zero-order chi connectivity index (χ0) is 15.4. The van der Waals surface area contributed by atoms with Gasteiger partial charge in [-0.25, -0.2) is 4.68 Å². The molecule has 1 heterocycles. The number of rotatable bonds is 5. The third kappa shape index (κ3) is 3.18. The lowest BCUT2D eigenvalue weighted by molar-refractivity contribution is 0.111. The fourth-order valence-electron chi connectivity index (χ4n) is 3.26. The van der Waals surface area contributed by atoms with E-state index < -0.39 is 0 Å². The monoisotopic (exact) mass is 299 g/mol. The summed E-state index contributed by atoms with van der Waals surface area (Å²) in [6.07, 6.45) is 9.23. The third-order valence-electron chi connectivity index (χ3n) is 4.51. The smallest absolute Gasteiger partial charge is 0.172 e. The molecule has 1 saturated carbocycles. The van der Waals surface area contributed by atoms with Gasteiger partial charge in [-0.1, -0.05) is 37.3 Å². The van der Waals surface area contributed by atoms with Crippen LogP contribution in [0.25, 0.3) is 5.69 Å². The molecule has 0 bridgehead atoms. The highest BCUT2D eigenvalue weighted by atomic mass is 16.3. The van der Waals surface area contributed by atoms with Gasteiger partial charge in [-0.3, -0.25) is 4.79 Å². The minimum atomic E-state index is 0.211. The van der Waals surface area contributed by atoms with Gasteiger partial charge >= 0.3 is 0 Å². The molecule has 1 aromatic carbocycles. The second kappa shape index (κ2) is 6.73. The van der Waals surface area contributed by atoms with E-state index in [2.05, 4.69) is 10.3 Å². The molecule has 1 N–H and O–H groups in total. The van der Waals surface area contributed by atoms with Gasteiger partial charge in [0.25, 0.3) is 0 Å². The van der Waals surface area contributed by atoms with E-state index in [1.165, 1.54) is 32.1 Å². The van der Waals surface area contributed by atoms with Gasteiger partial charge in [0.05, 0.1) is 11.4 Å². The van der Waals surface area contributed by atoms with Crippen LogP contribution in [-0.4, -0.2) is 26.4 Å². The maximum absolute atomic E-state index is 11.2. The van der Waals surface area contributed by atoms with Gasteiger partial charge in [0.15, 0.2) is 6.29 Å². The molecule has 1 aliphatic carbocycles. The summed E-state index contributed by atoms with van der Waals surface area (Å²) in [7, 11) is 0. The van der Waals surface area contributed by atoms with Crippen molar-refractivity contribution in [3.05, 3.63) is 35.7 Å². The summed E-state index contributed by atoms with van der Waals surface area (Å²) >= 11 is 0. The molecule has 5 nitrogen and oxygen atoms in total. The Hall–Kier alpha value is -2.17. The maximum Gasteiger partial charge on any atom is 0.172 e. The number of phenols is 1. The summed E-state index contributed by atoms with van der Waals surface area (Å²) in [6, 6.07) is 6.79. The Balaban J connectivity index is 1.80. The zero-order valence-corrected chi connectivity index (χ0v) is 12.6. The van der Waals surface area contributed by atoms with Crippen LogP contribution < -0.4 is 0 Å². The molecule has 3 rings (SSSR count). The van der Waals surface area contributed by atoms with Gasteiger partial charge < -0.3 is 5.11 Å². The average molecular weight is 299 g/mol. The molecule has 0 unspecified atom stereocenters. The van der Waals surface area contributed by atoms with Crippen molar-refractivity contribution in [2.45, 2.75) is 44.9 Å². The quantitative estimate of drug-likeness (QED) is 0.860. The van der Waals surface area contributed by atoms with Crippen LogP contribution in [0.4, 0.5) is 0 Å². The number of aldehydes is 1. The SMILES string of the molecule is O=Cc1nnn(-c2ccc(O)cc2)c1CCC1CCCCC1. The van der Waals surface area contributed by atoms with Gasteiger partial charge in [-0.15, -0.1) is 5.10 Å². The summed E-state index contributed by atoms with van der Waals surface area (Å²) < 4.78 is 1.71. The highest BCUT2D eigenvalue weighted by molar-refractivity contribution is 5.73. The van der Waals surface area contributed by atoms with Crippen LogP contribution in [0.5, 0.6) is 5.75 Å². The van der Waals surface area contributed by atoms with Crippen molar-refractivity contribution in [1.82, 2.24) is 15.0 Å². The van der Waals surface area contributed by atoms with Crippen molar-refractivity contribution in [2.24, 2.45) is 5.92 Å². The zero-order valence-electron chi connectivity index (χ0n) is 12.6. The van der Waals surface area contributed by atoms with Crippen LogP contribution in [0.2, 0.25) is 0 Å². The number of phenolic OH excluding ortho intramolecular Hbond substituents is 1. The van der Waals surface area contributed by atoms with Crippen molar-refractivity contribution >= 4 is 6.29 Å². The second-order valence-corrected chi connectivity index (χ2v) is 6.01. The molecule has 2 aromatic rings. The van der Waals surface area contributed by atoms with E-state index in [4.69, 9.17) is 0 Å². The molecule has 0 aliphatic heterocycles. The Morgan fingerprint density at radius 3 is 2.59 bits per heavy atom. The molecule has 22 heavy (non-hydrogen) atoms. The van der Waals surface area contributed by atoms with Gasteiger partial charge in [0.2, 0.25) is 0 Å². The number of carbonyl (C=O) groups is 1. The van der Waals surface area contributed by atoms with Gasteiger partial charge in [0.1, 0.15) is 11.4 Å². The number of aromatic hydroxyl groups is 1. The average Bonchev–Trinajstić information content (AvgIpc) is 2.97. The van der Waals surface area contributed by atoms with E-state index in [9.17, 15) is 9.90 Å². The molecular weight excluding hydrogens is 278 g/mol. The first kappa shape index (κ1) is 14.8. The predicted molar refractivity (Wildman–Crippen MR) is 83.3 cm³/mol. The fourth-order valence-corrected chi connectivity index (χ4v) is 3.26. The van der Waals surface area contributed by atoms with Crippen LogP contribution in [0.1, 0.15) is 54.7 Å². The molecular formula is C17H21N3O2. The topological polar surface area (TPSA) is 68.0 Å². The third-order valence-corrected chi connectivity index (χ3v) is 4.51. The van der Waals surface area contributed by atoms with Gasteiger partial charge in [0, 0.05) is 0 Å². The molecule has 0 spiro atoms. The van der Waals surface area contributed by atoms with Crippen LogP contribution in [-0.2, 0) is 6.42 Å². The molecule has 0 amide bonds. The Morgan fingerprint density at radius 1 is 1.18 bits per heavy atom. The van der Waals surface area contributed by atoms with E-state index in [0.29, 0.717) is 5.69 Å². The number of carbonyl (C=O) groups excluding carboxylic acids is 1. The predicted octanol–water partition coefficient (Wildman–Crippen LogP) is 3.30. The van der Waals surface area contributed by atoms with Crippen LogP contribution in [0.15, 0.2) is 24.3 Å². The summed E-state index contributed by atoms with van der Waals surface area (Å²) in [5.41, 5.74) is 2.10. The minimum absolute atomic E-state index is 0.211. The van der Waals surface area contributed by atoms with Crippen molar-refractivity contribution in [1.29, 1.82) is 0 Å². The van der Waals surface area contributed by atoms with Crippen molar-refractivity contribution in [3.8, 4) is 11.4 Å².